The number of ether oxygens (including phenoxy) is 1. The number of benzene rings is 2. The fourth-order valence-electron chi connectivity index (χ4n) is 2.82. The van der Waals surface area contributed by atoms with Gasteiger partial charge < -0.3 is 10.1 Å². The SMILES string of the molecule is Cc1ccccc1C(=O)NCc1ccc(S(=O)(=O)N2CCOCC2)cc1. The minimum atomic E-state index is -3.49. The highest BCUT2D eigenvalue weighted by Crippen LogP contribution is 2.18. The van der Waals surface area contributed by atoms with Gasteiger partial charge in [-0.05, 0) is 36.2 Å². The minimum Gasteiger partial charge on any atom is -0.379 e. The maximum absolute atomic E-state index is 12.6. The molecule has 6 nitrogen and oxygen atoms in total. The summed E-state index contributed by atoms with van der Waals surface area (Å²) >= 11 is 0. The molecule has 1 amide bonds. The smallest absolute Gasteiger partial charge is 0.251 e. The van der Waals surface area contributed by atoms with Crippen molar-refractivity contribution in [3.05, 3.63) is 65.2 Å². The maximum atomic E-state index is 12.6. The Hall–Kier alpha value is -2.22. The molecule has 7 heteroatoms. The first-order chi connectivity index (χ1) is 12.5. The fourth-order valence-corrected chi connectivity index (χ4v) is 4.23. The van der Waals surface area contributed by atoms with E-state index in [-0.39, 0.29) is 10.8 Å². The Morgan fingerprint density at radius 2 is 1.73 bits per heavy atom. The van der Waals surface area contributed by atoms with Gasteiger partial charge >= 0.3 is 0 Å². The van der Waals surface area contributed by atoms with E-state index < -0.39 is 10.0 Å². The predicted molar refractivity (Wildman–Crippen MR) is 98.4 cm³/mol. The van der Waals surface area contributed by atoms with Crippen molar-refractivity contribution in [2.45, 2.75) is 18.4 Å². The average Bonchev–Trinajstić information content (AvgIpc) is 2.67. The van der Waals surface area contributed by atoms with Crippen molar-refractivity contribution in [2.75, 3.05) is 26.3 Å². The third-order valence-corrected chi connectivity index (χ3v) is 6.29. The quantitative estimate of drug-likeness (QED) is 0.868. The number of nitrogens with zero attached hydrogens (tertiary/aromatic N) is 1. The molecule has 1 aliphatic heterocycles. The van der Waals surface area contributed by atoms with Gasteiger partial charge in [0.1, 0.15) is 0 Å². The Labute approximate surface area is 153 Å². The molecule has 0 saturated carbocycles. The van der Waals surface area contributed by atoms with Crippen LogP contribution in [0.15, 0.2) is 53.4 Å². The monoisotopic (exact) mass is 374 g/mol. The van der Waals surface area contributed by atoms with Gasteiger partial charge in [0.25, 0.3) is 5.91 Å². The Morgan fingerprint density at radius 1 is 1.08 bits per heavy atom. The van der Waals surface area contributed by atoms with Crippen molar-refractivity contribution in [1.82, 2.24) is 9.62 Å². The topological polar surface area (TPSA) is 75.7 Å². The summed E-state index contributed by atoms with van der Waals surface area (Å²) in [5.74, 6) is -0.145. The number of hydrogen-bond donors (Lipinski definition) is 1. The van der Waals surface area contributed by atoms with E-state index in [0.29, 0.717) is 38.4 Å². The van der Waals surface area contributed by atoms with Crippen molar-refractivity contribution in [3.8, 4) is 0 Å². The van der Waals surface area contributed by atoms with Crippen LogP contribution in [0.25, 0.3) is 0 Å². The Kier molecular flexibility index (Phi) is 5.70. The Bertz CT molecular complexity index is 873. The van der Waals surface area contributed by atoms with Gasteiger partial charge in [-0.2, -0.15) is 4.31 Å². The zero-order valence-electron chi connectivity index (χ0n) is 14.6. The molecule has 0 radical (unpaired) electrons. The van der Waals surface area contributed by atoms with Gasteiger partial charge in [-0.3, -0.25) is 4.79 Å². The van der Waals surface area contributed by atoms with Crippen LogP contribution in [0.5, 0.6) is 0 Å². The first-order valence-corrected chi connectivity index (χ1v) is 9.93. The lowest BCUT2D eigenvalue weighted by Crippen LogP contribution is -2.40. The number of morpholine rings is 1. The van der Waals surface area contributed by atoms with Crippen LogP contribution in [0.1, 0.15) is 21.5 Å². The van der Waals surface area contributed by atoms with Crippen molar-refractivity contribution in [1.29, 1.82) is 0 Å². The first kappa shape index (κ1) is 18.6. The van der Waals surface area contributed by atoms with E-state index in [4.69, 9.17) is 4.74 Å². The number of carbonyl (C=O) groups excluding carboxylic acids is 1. The zero-order valence-corrected chi connectivity index (χ0v) is 15.5. The van der Waals surface area contributed by atoms with Gasteiger partial charge in [0, 0.05) is 25.2 Å². The molecule has 0 aromatic heterocycles. The van der Waals surface area contributed by atoms with Crippen molar-refractivity contribution < 1.29 is 17.9 Å². The molecule has 1 N–H and O–H groups in total. The van der Waals surface area contributed by atoms with E-state index in [1.165, 1.54) is 4.31 Å². The van der Waals surface area contributed by atoms with Crippen LogP contribution in [0.3, 0.4) is 0 Å². The lowest BCUT2D eigenvalue weighted by molar-refractivity contribution is 0.0730. The highest BCUT2D eigenvalue weighted by Gasteiger charge is 2.26. The lowest BCUT2D eigenvalue weighted by Gasteiger charge is -2.26. The molecular weight excluding hydrogens is 352 g/mol. The number of hydrogen-bond acceptors (Lipinski definition) is 4. The second-order valence-corrected chi connectivity index (χ2v) is 8.10. The van der Waals surface area contributed by atoms with Crippen LogP contribution >= 0.6 is 0 Å². The number of nitrogens with one attached hydrogen (secondary N) is 1. The molecule has 0 aliphatic carbocycles. The van der Waals surface area contributed by atoms with Crippen LogP contribution in [-0.4, -0.2) is 44.9 Å². The van der Waals surface area contributed by atoms with Gasteiger partial charge in [-0.1, -0.05) is 30.3 Å². The highest BCUT2D eigenvalue weighted by atomic mass is 32.2. The predicted octanol–water partition coefficient (Wildman–Crippen LogP) is 1.95. The van der Waals surface area contributed by atoms with Crippen molar-refractivity contribution >= 4 is 15.9 Å². The van der Waals surface area contributed by atoms with Crippen molar-refractivity contribution in [3.63, 3.8) is 0 Å². The summed E-state index contributed by atoms with van der Waals surface area (Å²) in [6.07, 6.45) is 0. The van der Waals surface area contributed by atoms with Crippen LogP contribution in [-0.2, 0) is 21.3 Å². The molecule has 1 aliphatic rings. The average molecular weight is 374 g/mol. The van der Waals surface area contributed by atoms with Crippen LogP contribution in [0.2, 0.25) is 0 Å². The summed E-state index contributed by atoms with van der Waals surface area (Å²) in [6.45, 7) is 3.81. The summed E-state index contributed by atoms with van der Waals surface area (Å²) < 4.78 is 31.8. The summed E-state index contributed by atoms with van der Waals surface area (Å²) in [5, 5.41) is 2.86. The second kappa shape index (κ2) is 7.99. The number of amides is 1. The lowest BCUT2D eigenvalue weighted by atomic mass is 10.1. The largest absolute Gasteiger partial charge is 0.379 e. The number of rotatable bonds is 5. The summed E-state index contributed by atoms with van der Waals surface area (Å²) in [5.41, 5.74) is 2.39. The number of carbonyl (C=O) groups is 1. The molecule has 0 atom stereocenters. The third kappa shape index (κ3) is 4.12. The Morgan fingerprint density at radius 3 is 2.38 bits per heavy atom. The molecule has 1 saturated heterocycles. The fraction of sp³-hybridized carbons (Fsp3) is 0.316. The molecule has 3 rings (SSSR count). The second-order valence-electron chi connectivity index (χ2n) is 6.16. The molecule has 26 heavy (non-hydrogen) atoms. The summed E-state index contributed by atoms with van der Waals surface area (Å²) in [7, 11) is -3.49. The molecule has 1 fully saturated rings. The Balaban J connectivity index is 1.64. The molecular formula is C19H22N2O4S. The molecule has 138 valence electrons. The van der Waals surface area contributed by atoms with E-state index >= 15 is 0 Å². The minimum absolute atomic E-state index is 0.145. The molecule has 0 unspecified atom stereocenters. The van der Waals surface area contributed by atoms with E-state index in [9.17, 15) is 13.2 Å². The molecule has 2 aromatic rings. The highest BCUT2D eigenvalue weighted by molar-refractivity contribution is 7.89. The van der Waals surface area contributed by atoms with E-state index in [2.05, 4.69) is 5.32 Å². The molecule has 1 heterocycles. The van der Waals surface area contributed by atoms with E-state index in [1.807, 2.05) is 25.1 Å². The third-order valence-electron chi connectivity index (χ3n) is 4.37. The van der Waals surface area contributed by atoms with E-state index in [0.717, 1.165) is 11.1 Å². The summed E-state index contributed by atoms with van der Waals surface area (Å²) in [6, 6.07) is 14.0. The van der Waals surface area contributed by atoms with Gasteiger partial charge in [0.2, 0.25) is 10.0 Å². The van der Waals surface area contributed by atoms with Crippen molar-refractivity contribution in [2.24, 2.45) is 0 Å². The number of aryl methyl sites for hydroxylation is 1. The molecule has 0 bridgehead atoms. The molecule has 0 spiro atoms. The van der Waals surface area contributed by atoms with Gasteiger partial charge in [-0.15, -0.1) is 0 Å². The molecule has 2 aromatic carbocycles. The van der Waals surface area contributed by atoms with Gasteiger partial charge in [0.05, 0.1) is 18.1 Å². The van der Waals surface area contributed by atoms with Crippen LogP contribution < -0.4 is 5.32 Å². The van der Waals surface area contributed by atoms with Crippen LogP contribution in [0, 0.1) is 6.92 Å². The standard InChI is InChI=1S/C19H22N2O4S/c1-15-4-2-3-5-18(15)19(22)20-14-16-6-8-17(9-7-16)26(23,24)21-10-12-25-13-11-21/h2-9H,10-14H2,1H3,(H,20,22). The van der Waals surface area contributed by atoms with Crippen LogP contribution in [0.4, 0.5) is 0 Å². The maximum Gasteiger partial charge on any atom is 0.251 e. The normalized spacial score (nSPS) is 15.6. The summed E-state index contributed by atoms with van der Waals surface area (Å²) in [4.78, 5) is 12.5. The number of sulfonamides is 1. The first-order valence-electron chi connectivity index (χ1n) is 8.49. The van der Waals surface area contributed by atoms with E-state index in [1.54, 1.807) is 30.3 Å². The zero-order chi connectivity index (χ0) is 18.6. The van der Waals surface area contributed by atoms with Gasteiger partial charge in [0.15, 0.2) is 0 Å². The van der Waals surface area contributed by atoms with Gasteiger partial charge in [-0.25, -0.2) is 8.42 Å².